The molecule has 7 heavy (non-hydrogen) atoms. The third kappa shape index (κ3) is 5.52. The van der Waals surface area contributed by atoms with Gasteiger partial charge in [-0.2, -0.15) is 0 Å². The molecule has 0 heterocycles. The van der Waals surface area contributed by atoms with Crippen molar-refractivity contribution in [1.82, 2.24) is 0 Å². The van der Waals surface area contributed by atoms with Gasteiger partial charge in [0.25, 0.3) is 0 Å². The van der Waals surface area contributed by atoms with Gasteiger partial charge in [-0.15, -0.1) is 5.73 Å². The fourth-order valence-electron chi connectivity index (χ4n) is 0.265. The average molecular weight is 97.2 g/mol. The SMILES string of the molecule is [2H]C(=C=C)C(C)(C)C. The Bertz CT molecular complexity index is 122. The lowest BCUT2D eigenvalue weighted by atomic mass is 9.97. The van der Waals surface area contributed by atoms with Crippen molar-refractivity contribution in [3.63, 3.8) is 0 Å². The second-order valence-electron chi connectivity index (χ2n) is 2.55. The van der Waals surface area contributed by atoms with E-state index in [1.165, 1.54) is 0 Å². The summed E-state index contributed by atoms with van der Waals surface area (Å²) in [5.41, 5.74) is 2.46. The predicted molar refractivity (Wildman–Crippen MR) is 33.2 cm³/mol. The quantitative estimate of drug-likeness (QED) is 0.407. The van der Waals surface area contributed by atoms with Crippen LogP contribution in [0.25, 0.3) is 0 Å². The van der Waals surface area contributed by atoms with Crippen LogP contribution >= 0.6 is 0 Å². The molecule has 0 radical (unpaired) electrons. The van der Waals surface area contributed by atoms with E-state index in [1.54, 1.807) is 0 Å². The summed E-state index contributed by atoms with van der Waals surface area (Å²) in [4.78, 5) is 0. The first-order chi connectivity index (χ1) is 3.48. The van der Waals surface area contributed by atoms with Gasteiger partial charge in [0, 0.05) is 0 Å². The summed E-state index contributed by atoms with van der Waals surface area (Å²) in [6, 6.07) is 0.470. The molecule has 0 heteroatoms. The molecule has 0 spiro atoms. The molecular weight excluding hydrogens is 84.1 g/mol. The molecule has 0 amide bonds. The van der Waals surface area contributed by atoms with Gasteiger partial charge in [-0.1, -0.05) is 27.4 Å². The van der Waals surface area contributed by atoms with Crippen LogP contribution in [0.4, 0.5) is 0 Å². The fraction of sp³-hybridized carbons (Fsp3) is 0.571. The summed E-state index contributed by atoms with van der Waals surface area (Å²) in [5.74, 6) is 0. The van der Waals surface area contributed by atoms with Gasteiger partial charge in [-0.3, -0.25) is 0 Å². The number of hydrogen-bond donors (Lipinski definition) is 0. The minimum Gasteiger partial charge on any atom is -0.133 e. The highest BCUT2D eigenvalue weighted by atomic mass is 14.1. The average Bonchev–Trinajstić information content (AvgIpc) is 1.62. The molecule has 0 aromatic carbocycles. The van der Waals surface area contributed by atoms with E-state index in [4.69, 9.17) is 1.37 Å². The van der Waals surface area contributed by atoms with Crippen molar-refractivity contribution in [2.75, 3.05) is 0 Å². The molecule has 0 aliphatic rings. The predicted octanol–water partition coefficient (Wildman–Crippen LogP) is 2.37. The number of hydrogen-bond acceptors (Lipinski definition) is 0. The minimum atomic E-state index is -0.0816. The van der Waals surface area contributed by atoms with Gasteiger partial charge in [0.2, 0.25) is 0 Å². The maximum atomic E-state index is 7.22. The Morgan fingerprint density at radius 2 is 2.14 bits per heavy atom. The van der Waals surface area contributed by atoms with E-state index in [-0.39, 0.29) is 5.41 Å². The zero-order valence-corrected chi connectivity index (χ0v) is 5.21. The van der Waals surface area contributed by atoms with Gasteiger partial charge >= 0.3 is 0 Å². The Labute approximate surface area is 47.0 Å². The van der Waals surface area contributed by atoms with Crippen LogP contribution in [0, 0.1) is 5.41 Å². The van der Waals surface area contributed by atoms with Crippen LogP contribution in [0.3, 0.4) is 0 Å². The largest absolute Gasteiger partial charge is 0.133 e. The highest BCUT2D eigenvalue weighted by Crippen LogP contribution is 2.12. The molecule has 0 aliphatic heterocycles. The molecule has 0 unspecified atom stereocenters. The maximum absolute atomic E-state index is 7.22. The molecule has 0 fully saturated rings. The van der Waals surface area contributed by atoms with Gasteiger partial charge in [-0.25, -0.2) is 0 Å². The minimum absolute atomic E-state index is 0.0816. The Morgan fingerprint density at radius 1 is 1.71 bits per heavy atom. The maximum Gasteiger partial charge on any atom is 0.0671 e. The smallest absolute Gasteiger partial charge is 0.0671 e. The van der Waals surface area contributed by atoms with Crippen LogP contribution in [-0.2, 0) is 0 Å². The Morgan fingerprint density at radius 3 is 2.14 bits per heavy atom. The first-order valence-electron chi connectivity index (χ1n) is 2.85. The van der Waals surface area contributed by atoms with Crippen LogP contribution in [0.2, 0.25) is 0 Å². The van der Waals surface area contributed by atoms with Crippen LogP contribution in [0.1, 0.15) is 22.1 Å². The molecular formula is C7H12. The molecule has 0 rings (SSSR count). The summed E-state index contributed by atoms with van der Waals surface area (Å²) in [5, 5.41) is 0. The summed E-state index contributed by atoms with van der Waals surface area (Å²) >= 11 is 0. The third-order valence-electron chi connectivity index (χ3n) is 0.463. The molecule has 0 N–H and O–H groups in total. The van der Waals surface area contributed by atoms with E-state index in [1.807, 2.05) is 20.8 Å². The zero-order chi connectivity index (χ0) is 6.78. The van der Waals surface area contributed by atoms with Crippen LogP contribution in [0.5, 0.6) is 0 Å². The van der Waals surface area contributed by atoms with E-state index in [9.17, 15) is 0 Å². The summed E-state index contributed by atoms with van der Waals surface area (Å²) in [6.45, 7) is 9.27. The van der Waals surface area contributed by atoms with Gasteiger partial charge in [0.15, 0.2) is 0 Å². The van der Waals surface area contributed by atoms with Crippen molar-refractivity contribution in [2.45, 2.75) is 20.8 Å². The van der Waals surface area contributed by atoms with Crippen molar-refractivity contribution in [2.24, 2.45) is 5.41 Å². The fourth-order valence-corrected chi connectivity index (χ4v) is 0.265. The monoisotopic (exact) mass is 97.1 g/mol. The normalized spacial score (nSPS) is 12.1. The van der Waals surface area contributed by atoms with Crippen molar-refractivity contribution in [3.05, 3.63) is 18.4 Å². The Balaban J connectivity index is 4.26. The van der Waals surface area contributed by atoms with Crippen molar-refractivity contribution >= 4 is 0 Å². The Kier molecular flexibility index (Phi) is 1.33. The van der Waals surface area contributed by atoms with Gasteiger partial charge in [0.1, 0.15) is 0 Å². The van der Waals surface area contributed by atoms with Crippen molar-refractivity contribution in [1.29, 1.82) is 0 Å². The molecule has 0 aromatic rings. The van der Waals surface area contributed by atoms with Crippen LogP contribution in [0.15, 0.2) is 18.4 Å². The summed E-state index contributed by atoms with van der Waals surface area (Å²) < 4.78 is 7.22. The first kappa shape index (κ1) is 4.67. The first-order valence-corrected chi connectivity index (χ1v) is 2.35. The van der Waals surface area contributed by atoms with Crippen molar-refractivity contribution in [3.8, 4) is 0 Å². The van der Waals surface area contributed by atoms with E-state index < -0.39 is 0 Å². The number of rotatable bonds is 0. The lowest BCUT2D eigenvalue weighted by molar-refractivity contribution is 0.545. The van der Waals surface area contributed by atoms with E-state index in [2.05, 4.69) is 12.3 Å². The number of allylic oxidation sites excluding steroid dienone is 1. The zero-order valence-electron chi connectivity index (χ0n) is 6.21. The highest BCUT2D eigenvalue weighted by molar-refractivity contribution is 4.87. The molecule has 0 aliphatic carbocycles. The highest BCUT2D eigenvalue weighted by Gasteiger charge is 2.01. The molecule has 0 atom stereocenters. The van der Waals surface area contributed by atoms with Gasteiger partial charge in [-0.05, 0) is 11.5 Å². The molecule has 0 aromatic heterocycles. The van der Waals surface area contributed by atoms with E-state index in [0.717, 1.165) is 0 Å². The third-order valence-corrected chi connectivity index (χ3v) is 0.463. The van der Waals surface area contributed by atoms with E-state index >= 15 is 0 Å². The van der Waals surface area contributed by atoms with E-state index in [0.29, 0.717) is 6.05 Å². The lowest BCUT2D eigenvalue weighted by Gasteiger charge is -2.07. The van der Waals surface area contributed by atoms with Crippen LogP contribution in [-0.4, -0.2) is 0 Å². The molecule has 0 saturated heterocycles. The molecule has 0 saturated carbocycles. The summed E-state index contributed by atoms with van der Waals surface area (Å²) in [7, 11) is 0. The standard InChI is InChI=1S/C7H12/c1-5-6-7(2,3)4/h6H,1H2,2-4H3/i6D. The molecule has 0 nitrogen and oxygen atoms in total. The topological polar surface area (TPSA) is 0 Å². The second kappa shape index (κ2) is 1.99. The summed E-state index contributed by atoms with van der Waals surface area (Å²) in [6.07, 6.45) is 0. The molecule has 0 bridgehead atoms. The second-order valence-corrected chi connectivity index (χ2v) is 2.55. The van der Waals surface area contributed by atoms with Gasteiger partial charge < -0.3 is 0 Å². The van der Waals surface area contributed by atoms with Crippen LogP contribution < -0.4 is 0 Å². The lowest BCUT2D eigenvalue weighted by Crippen LogP contribution is -1.96. The Hall–Kier alpha value is -0.480. The van der Waals surface area contributed by atoms with Crippen molar-refractivity contribution < 1.29 is 1.37 Å². The molecule has 40 valence electrons. The van der Waals surface area contributed by atoms with Gasteiger partial charge in [0.05, 0.1) is 1.37 Å².